The summed E-state index contributed by atoms with van der Waals surface area (Å²) in [6.07, 6.45) is 19.3. The van der Waals surface area contributed by atoms with Crippen molar-refractivity contribution in [3.05, 3.63) is 66.0 Å². The molecule has 0 radical (unpaired) electrons. The quantitative estimate of drug-likeness (QED) is 0.570. The van der Waals surface area contributed by atoms with Crippen molar-refractivity contribution in [2.75, 3.05) is 6.61 Å². The van der Waals surface area contributed by atoms with Gasteiger partial charge in [0.15, 0.2) is 0 Å². The van der Waals surface area contributed by atoms with Crippen LogP contribution in [0.2, 0.25) is 0 Å². The molecule has 33 heavy (non-hydrogen) atoms. The molecule has 0 spiro atoms. The highest BCUT2D eigenvalue weighted by Crippen LogP contribution is 2.67. The van der Waals surface area contributed by atoms with Crippen molar-refractivity contribution in [3.63, 3.8) is 0 Å². The largest absolute Gasteiger partial charge is 0.498 e. The van der Waals surface area contributed by atoms with E-state index in [-0.39, 0.29) is 10.8 Å². The van der Waals surface area contributed by atoms with E-state index in [1.54, 1.807) is 12.4 Å². The molecule has 5 unspecified atom stereocenters. The maximum absolute atomic E-state index is 5.99. The lowest BCUT2D eigenvalue weighted by atomic mass is 9.47. The van der Waals surface area contributed by atoms with Crippen LogP contribution in [0.4, 0.5) is 0 Å². The summed E-state index contributed by atoms with van der Waals surface area (Å²) in [5.74, 6) is 3.08. The van der Waals surface area contributed by atoms with E-state index in [2.05, 4.69) is 60.2 Å². The van der Waals surface area contributed by atoms with Crippen LogP contribution in [0.3, 0.4) is 0 Å². The molecule has 4 aliphatic carbocycles. The van der Waals surface area contributed by atoms with Gasteiger partial charge >= 0.3 is 0 Å². The molecular weight excluding hydrogens is 408 g/mol. The highest BCUT2D eigenvalue weighted by Gasteiger charge is 2.58. The number of hydrogen-bond donors (Lipinski definition) is 0. The first-order chi connectivity index (χ1) is 16.0. The fourth-order valence-electron chi connectivity index (χ4n) is 7.79. The standard InChI is InChI=1S/C28H34N4O/c1-4-33-20-9-11-28(3)24-10-12-27(2)22(19-6-5-13-29-18-19)7-8-23(27)21(24)17-26(25(28)16-20)32-30-14-15-31-32/h5-7,13-16,18,21,23-24H,4,8-12,17H2,1-3H3. The van der Waals surface area contributed by atoms with Gasteiger partial charge in [0.1, 0.15) is 0 Å². The van der Waals surface area contributed by atoms with E-state index in [4.69, 9.17) is 4.74 Å². The molecule has 2 aromatic rings. The summed E-state index contributed by atoms with van der Waals surface area (Å²) in [5.41, 5.74) is 5.86. The third-order valence-electron chi connectivity index (χ3n) is 9.35. The molecule has 0 aromatic carbocycles. The summed E-state index contributed by atoms with van der Waals surface area (Å²) < 4.78 is 5.99. The van der Waals surface area contributed by atoms with E-state index in [9.17, 15) is 0 Å². The zero-order chi connectivity index (χ0) is 22.6. The lowest BCUT2D eigenvalue weighted by Crippen LogP contribution is -2.49. The number of hydrogen-bond acceptors (Lipinski definition) is 4. The van der Waals surface area contributed by atoms with E-state index >= 15 is 0 Å². The predicted octanol–water partition coefficient (Wildman–Crippen LogP) is 6.14. The summed E-state index contributed by atoms with van der Waals surface area (Å²) in [4.78, 5) is 6.32. The van der Waals surface area contributed by atoms with Gasteiger partial charge in [0.05, 0.1) is 30.5 Å². The van der Waals surface area contributed by atoms with Gasteiger partial charge in [0, 0.05) is 18.8 Å². The second-order valence-electron chi connectivity index (χ2n) is 10.8. The Balaban J connectivity index is 1.43. The van der Waals surface area contributed by atoms with Crippen LogP contribution in [0.15, 0.2) is 60.4 Å². The molecule has 0 saturated heterocycles. The molecule has 0 amide bonds. The highest BCUT2D eigenvalue weighted by molar-refractivity contribution is 5.73. The van der Waals surface area contributed by atoms with E-state index in [0.29, 0.717) is 17.8 Å². The van der Waals surface area contributed by atoms with Crippen LogP contribution >= 0.6 is 0 Å². The Morgan fingerprint density at radius 3 is 2.70 bits per heavy atom. The molecular formula is C28H34N4O. The highest BCUT2D eigenvalue weighted by atomic mass is 16.5. The fourth-order valence-corrected chi connectivity index (χ4v) is 7.79. The summed E-state index contributed by atoms with van der Waals surface area (Å²) in [6.45, 7) is 7.82. The second kappa shape index (κ2) is 7.68. The van der Waals surface area contributed by atoms with Gasteiger partial charge in [0.2, 0.25) is 0 Å². The molecule has 172 valence electrons. The molecule has 6 rings (SSSR count). The average molecular weight is 443 g/mol. The van der Waals surface area contributed by atoms with Crippen molar-refractivity contribution in [2.24, 2.45) is 28.6 Å². The first kappa shape index (κ1) is 20.9. The maximum Gasteiger partial charge on any atom is 0.0963 e. The lowest BCUT2D eigenvalue weighted by molar-refractivity contribution is -0.00398. The first-order valence-electron chi connectivity index (χ1n) is 12.6. The van der Waals surface area contributed by atoms with Crippen molar-refractivity contribution < 1.29 is 4.74 Å². The summed E-state index contributed by atoms with van der Waals surface area (Å²) in [5, 5.41) is 9.18. The summed E-state index contributed by atoms with van der Waals surface area (Å²) >= 11 is 0. The summed E-state index contributed by atoms with van der Waals surface area (Å²) in [6, 6.07) is 4.31. The Labute approximate surface area is 196 Å². The third kappa shape index (κ3) is 3.08. The number of aromatic nitrogens is 4. The van der Waals surface area contributed by atoms with Crippen molar-refractivity contribution in [1.82, 2.24) is 20.0 Å². The van der Waals surface area contributed by atoms with Gasteiger partial charge in [-0.25, -0.2) is 0 Å². The van der Waals surface area contributed by atoms with Gasteiger partial charge in [-0.15, -0.1) is 0 Å². The van der Waals surface area contributed by atoms with Crippen LogP contribution in [0.5, 0.6) is 0 Å². The molecule has 4 aliphatic rings. The molecule has 1 fully saturated rings. The van der Waals surface area contributed by atoms with Crippen LogP contribution in [0.25, 0.3) is 11.3 Å². The zero-order valence-electron chi connectivity index (χ0n) is 20.0. The van der Waals surface area contributed by atoms with Crippen LogP contribution in [-0.2, 0) is 4.74 Å². The summed E-state index contributed by atoms with van der Waals surface area (Å²) in [7, 11) is 0. The van der Waals surface area contributed by atoms with Crippen LogP contribution < -0.4 is 0 Å². The van der Waals surface area contributed by atoms with Crippen molar-refractivity contribution >= 4 is 11.3 Å². The fraction of sp³-hybridized carbons (Fsp3) is 0.536. The monoisotopic (exact) mass is 442 g/mol. The number of pyridine rings is 1. The van der Waals surface area contributed by atoms with Crippen molar-refractivity contribution in [2.45, 2.75) is 59.3 Å². The predicted molar refractivity (Wildman–Crippen MR) is 130 cm³/mol. The maximum atomic E-state index is 5.99. The third-order valence-corrected chi connectivity index (χ3v) is 9.35. The van der Waals surface area contributed by atoms with E-state index < -0.39 is 0 Å². The number of rotatable bonds is 4. The number of allylic oxidation sites excluding steroid dienone is 6. The molecule has 0 aliphatic heterocycles. The van der Waals surface area contributed by atoms with Gasteiger partial charge in [0.25, 0.3) is 0 Å². The van der Waals surface area contributed by atoms with Gasteiger partial charge < -0.3 is 4.74 Å². The molecule has 1 saturated carbocycles. The van der Waals surface area contributed by atoms with Crippen molar-refractivity contribution in [3.8, 4) is 0 Å². The minimum absolute atomic E-state index is 0.144. The molecule has 0 bridgehead atoms. The molecule has 5 nitrogen and oxygen atoms in total. The first-order valence-corrected chi connectivity index (χ1v) is 12.6. The van der Waals surface area contributed by atoms with Gasteiger partial charge in [-0.2, -0.15) is 15.0 Å². The Morgan fingerprint density at radius 2 is 1.94 bits per heavy atom. The normalized spacial score (nSPS) is 35.3. The van der Waals surface area contributed by atoms with Crippen LogP contribution in [0.1, 0.15) is 64.9 Å². The average Bonchev–Trinajstić information content (AvgIpc) is 3.47. The van der Waals surface area contributed by atoms with Gasteiger partial charge in [-0.3, -0.25) is 4.98 Å². The molecule has 2 aromatic heterocycles. The van der Waals surface area contributed by atoms with Gasteiger partial charge in [-0.1, -0.05) is 26.0 Å². The van der Waals surface area contributed by atoms with Crippen LogP contribution in [0, 0.1) is 28.6 Å². The van der Waals surface area contributed by atoms with E-state index in [1.807, 2.05) is 17.2 Å². The zero-order valence-corrected chi connectivity index (χ0v) is 20.0. The molecule has 2 heterocycles. The Bertz CT molecular complexity index is 1130. The smallest absolute Gasteiger partial charge is 0.0963 e. The number of nitrogens with zero attached hydrogens (tertiary/aromatic N) is 4. The number of ether oxygens (including phenoxy) is 1. The minimum atomic E-state index is 0.144. The Hall–Kier alpha value is -2.69. The van der Waals surface area contributed by atoms with E-state index in [0.717, 1.165) is 38.0 Å². The minimum Gasteiger partial charge on any atom is -0.498 e. The molecule has 5 atom stereocenters. The van der Waals surface area contributed by atoms with Crippen molar-refractivity contribution in [1.29, 1.82) is 0 Å². The Kier molecular flexibility index (Phi) is 4.86. The second-order valence-corrected chi connectivity index (χ2v) is 10.8. The Morgan fingerprint density at radius 1 is 1.09 bits per heavy atom. The SMILES string of the molecule is CCOC1=CC2=C(n3nccn3)CC3C4CC=C(c5cccnc5)C4(C)CCC3C2(C)CC1. The molecule has 0 N–H and O–H groups in total. The number of fused-ring (bicyclic) bond motifs is 5. The van der Waals surface area contributed by atoms with Crippen LogP contribution in [-0.4, -0.2) is 26.6 Å². The lowest BCUT2D eigenvalue weighted by Gasteiger charge is -2.57. The topological polar surface area (TPSA) is 52.8 Å². The van der Waals surface area contributed by atoms with E-state index in [1.165, 1.54) is 35.2 Å². The molecule has 5 heteroatoms. The van der Waals surface area contributed by atoms with Gasteiger partial charge in [-0.05, 0) is 96.5 Å².